The van der Waals surface area contributed by atoms with Gasteiger partial charge in [-0.15, -0.1) is 0 Å². The Labute approximate surface area is 342 Å². The molecule has 3 heterocycles. The van der Waals surface area contributed by atoms with Crippen LogP contribution < -0.4 is 0 Å². The summed E-state index contributed by atoms with van der Waals surface area (Å²) in [5.41, 5.74) is -2.18. The lowest BCUT2D eigenvalue weighted by Crippen LogP contribution is -2.62. The summed E-state index contributed by atoms with van der Waals surface area (Å²) in [6.45, 7) is 19.4. The van der Waals surface area contributed by atoms with Crippen LogP contribution in [-0.2, 0) is 28.6 Å². The van der Waals surface area contributed by atoms with Gasteiger partial charge in [0.05, 0.1) is 36.6 Å². The SMILES string of the molecule is CCC(O)CC1OC2(CCC1C)OC1CCC(CC)C=CC=CCC(C)C(O)C(C)(O)C(=O)C(C)C(O)C(C)C(=O)C(C)C(O)C(C)C=CC(=O)OC(C1C)C2C. The minimum absolute atomic E-state index is 0.168. The van der Waals surface area contributed by atoms with Gasteiger partial charge >= 0.3 is 5.97 Å². The number of allylic oxidation sites excluding steroid dienone is 4. The molecule has 2 saturated heterocycles. The van der Waals surface area contributed by atoms with Crippen LogP contribution in [0.1, 0.15) is 128 Å². The molecule has 18 unspecified atom stereocenters. The average Bonchev–Trinajstić information content (AvgIpc) is 3.19. The highest BCUT2D eigenvalue weighted by molar-refractivity contribution is 5.91. The van der Waals surface area contributed by atoms with Crippen LogP contribution in [0.15, 0.2) is 36.5 Å². The number of rotatable bonds is 4. The van der Waals surface area contributed by atoms with Crippen LogP contribution in [0.4, 0.5) is 0 Å². The lowest BCUT2D eigenvalue weighted by atomic mass is 9.74. The number of fused-ring (bicyclic) bond motifs is 2. The molecule has 57 heavy (non-hydrogen) atoms. The number of carbonyl (C=O) groups excluding carboxylic acids is 3. The number of carbonyl (C=O) groups is 3. The molecule has 0 aromatic heterocycles. The van der Waals surface area contributed by atoms with Gasteiger partial charge in [0.25, 0.3) is 0 Å². The predicted octanol–water partition coefficient (Wildman–Crippen LogP) is 6.27. The van der Waals surface area contributed by atoms with Crippen molar-refractivity contribution in [3.63, 3.8) is 0 Å². The molecule has 5 N–H and O–H groups in total. The maximum atomic E-state index is 13.6. The van der Waals surface area contributed by atoms with Crippen LogP contribution in [0.2, 0.25) is 0 Å². The van der Waals surface area contributed by atoms with Crippen molar-refractivity contribution in [3.8, 4) is 0 Å². The second kappa shape index (κ2) is 21.3. The Morgan fingerprint density at radius 3 is 2.11 bits per heavy atom. The molecule has 0 amide bonds. The summed E-state index contributed by atoms with van der Waals surface area (Å²) in [7, 11) is 0. The topological polar surface area (TPSA) is 180 Å². The van der Waals surface area contributed by atoms with Crippen LogP contribution in [0.5, 0.6) is 0 Å². The molecule has 1 spiro atoms. The number of ketones is 2. The number of aliphatic hydroxyl groups excluding tert-OH is 4. The van der Waals surface area contributed by atoms with Gasteiger partial charge < -0.3 is 39.7 Å². The van der Waals surface area contributed by atoms with Gasteiger partial charge in [0.15, 0.2) is 11.6 Å². The zero-order chi connectivity index (χ0) is 43.0. The number of aliphatic hydroxyl groups is 5. The normalized spacial score (nSPS) is 44.5. The lowest BCUT2D eigenvalue weighted by molar-refractivity contribution is -0.371. The van der Waals surface area contributed by atoms with E-state index in [2.05, 4.69) is 19.9 Å². The maximum absolute atomic E-state index is 13.6. The molecular weight excluding hydrogens is 728 g/mol. The molecule has 0 saturated carbocycles. The monoisotopic (exact) mass is 805 g/mol. The van der Waals surface area contributed by atoms with Gasteiger partial charge in [0.1, 0.15) is 17.5 Å². The molecule has 11 heteroatoms. The lowest BCUT2D eigenvalue weighted by Gasteiger charge is -2.55. The molecule has 0 aromatic rings. The smallest absolute Gasteiger partial charge is 0.330 e. The maximum Gasteiger partial charge on any atom is 0.330 e. The van der Waals surface area contributed by atoms with Gasteiger partial charge in [-0.25, -0.2) is 4.79 Å². The van der Waals surface area contributed by atoms with Crippen LogP contribution in [0, 0.1) is 53.3 Å². The number of hydrogen-bond acceptors (Lipinski definition) is 11. The Morgan fingerprint density at radius 2 is 1.47 bits per heavy atom. The van der Waals surface area contributed by atoms with Crippen molar-refractivity contribution in [2.75, 3.05) is 0 Å². The van der Waals surface area contributed by atoms with E-state index in [4.69, 9.17) is 14.2 Å². The summed E-state index contributed by atoms with van der Waals surface area (Å²) in [5.74, 6) is -7.28. The highest BCUT2D eigenvalue weighted by atomic mass is 16.7. The Morgan fingerprint density at radius 1 is 0.825 bits per heavy atom. The van der Waals surface area contributed by atoms with E-state index in [1.165, 1.54) is 39.8 Å². The molecule has 3 aliphatic rings. The molecule has 18 atom stereocenters. The van der Waals surface area contributed by atoms with E-state index in [0.29, 0.717) is 32.1 Å². The van der Waals surface area contributed by atoms with Crippen molar-refractivity contribution < 1.29 is 54.1 Å². The Kier molecular flexibility index (Phi) is 18.4. The first-order chi connectivity index (χ1) is 26.6. The van der Waals surface area contributed by atoms with Crippen LogP contribution in [0.3, 0.4) is 0 Å². The zero-order valence-electron chi connectivity index (χ0n) is 36.5. The summed E-state index contributed by atoms with van der Waals surface area (Å²) in [6, 6.07) is 0. The average molecular weight is 805 g/mol. The summed E-state index contributed by atoms with van der Waals surface area (Å²) >= 11 is 0. The minimum atomic E-state index is -2.18. The van der Waals surface area contributed by atoms with Gasteiger partial charge in [0, 0.05) is 48.0 Å². The highest BCUT2D eigenvalue weighted by Gasteiger charge is 2.56. The van der Waals surface area contributed by atoms with Gasteiger partial charge in [-0.1, -0.05) is 99.6 Å². The molecule has 326 valence electrons. The molecule has 0 radical (unpaired) electrons. The summed E-state index contributed by atoms with van der Waals surface area (Å²) in [4.78, 5) is 40.6. The van der Waals surface area contributed by atoms with E-state index in [1.54, 1.807) is 13.8 Å². The Hall–Kier alpha value is -2.25. The summed E-state index contributed by atoms with van der Waals surface area (Å²) < 4.78 is 20.1. The fraction of sp³-hybridized carbons (Fsp3) is 0.804. The van der Waals surface area contributed by atoms with Crippen LogP contribution >= 0.6 is 0 Å². The van der Waals surface area contributed by atoms with Crippen LogP contribution in [0.25, 0.3) is 0 Å². The predicted molar refractivity (Wildman–Crippen MR) is 220 cm³/mol. The Balaban J connectivity index is 1.99. The third-order valence-corrected chi connectivity index (χ3v) is 13.8. The molecule has 0 aromatic carbocycles. The summed E-state index contributed by atoms with van der Waals surface area (Å²) in [6.07, 6.45) is 10.3. The van der Waals surface area contributed by atoms with Gasteiger partial charge in [-0.3, -0.25) is 9.59 Å². The minimum Gasteiger partial charge on any atom is -0.458 e. The van der Waals surface area contributed by atoms with E-state index >= 15 is 0 Å². The number of Topliss-reactive ketones (excluding diaryl/α,β-unsaturated/α-hetero) is 2. The fourth-order valence-corrected chi connectivity index (χ4v) is 9.11. The third kappa shape index (κ3) is 12.0. The number of ether oxygens (including phenoxy) is 3. The standard InChI is InChI=1S/C46H76O11/c1-12-34-18-16-14-15-17-28(5)43(52)45(11,54)44(53)32(9)41(51)31(8)40(50)30(7)39(49)27(4)19-22-38(48)55-42-29(6)36(21-20-34)56-46(33(42)10)24-23-26(3)37(57-46)25-35(47)13-2/h14-16,18-19,22,26-37,39,41-43,47,49,51-52,54H,12-13,17,20-21,23-25H2,1-11H3. The molecular formula is C46H76O11. The molecule has 3 aliphatic heterocycles. The molecule has 0 aliphatic carbocycles. The fourth-order valence-electron chi connectivity index (χ4n) is 9.11. The van der Waals surface area contributed by atoms with E-state index in [0.717, 1.165) is 19.3 Å². The summed E-state index contributed by atoms with van der Waals surface area (Å²) in [5, 5.41) is 55.4. The quantitative estimate of drug-likeness (QED) is 0.202. The molecule has 3 rings (SSSR count). The van der Waals surface area contributed by atoms with Gasteiger partial charge in [0.2, 0.25) is 0 Å². The molecule has 2 bridgehead atoms. The van der Waals surface area contributed by atoms with Crippen LogP contribution in [-0.4, -0.2) is 97.2 Å². The highest BCUT2D eigenvalue weighted by Crippen LogP contribution is 2.49. The van der Waals surface area contributed by atoms with Crippen molar-refractivity contribution in [2.45, 2.75) is 182 Å². The second-order valence-electron chi connectivity index (χ2n) is 18.2. The zero-order valence-corrected chi connectivity index (χ0v) is 36.5. The first-order valence-electron chi connectivity index (χ1n) is 21.7. The third-order valence-electron chi connectivity index (χ3n) is 13.8. The van der Waals surface area contributed by atoms with Gasteiger partial charge in [-0.2, -0.15) is 0 Å². The van der Waals surface area contributed by atoms with E-state index < -0.39 is 89.0 Å². The number of esters is 1. The first-order valence-corrected chi connectivity index (χ1v) is 21.7. The number of hydrogen-bond donors (Lipinski definition) is 5. The van der Waals surface area contributed by atoms with E-state index in [-0.39, 0.29) is 35.9 Å². The van der Waals surface area contributed by atoms with Crippen molar-refractivity contribution in [2.24, 2.45) is 53.3 Å². The Bertz CT molecular complexity index is 1410. The largest absolute Gasteiger partial charge is 0.458 e. The van der Waals surface area contributed by atoms with E-state index in [1.807, 2.05) is 39.0 Å². The van der Waals surface area contributed by atoms with E-state index in [9.17, 15) is 39.9 Å². The second-order valence-corrected chi connectivity index (χ2v) is 18.2. The van der Waals surface area contributed by atoms with Gasteiger partial charge in [-0.05, 0) is 69.6 Å². The van der Waals surface area contributed by atoms with Crippen molar-refractivity contribution in [1.82, 2.24) is 0 Å². The molecule has 2 fully saturated rings. The first kappa shape index (κ1) is 49.1. The van der Waals surface area contributed by atoms with Crippen molar-refractivity contribution >= 4 is 17.5 Å². The molecule has 11 nitrogen and oxygen atoms in total. The van der Waals surface area contributed by atoms with Crippen molar-refractivity contribution in [1.29, 1.82) is 0 Å². The van der Waals surface area contributed by atoms with Crippen molar-refractivity contribution in [3.05, 3.63) is 36.5 Å².